The highest BCUT2D eigenvalue weighted by Gasteiger charge is 2.50. The number of nitrogens with zero attached hydrogens (tertiary/aromatic N) is 2. The normalized spacial score (nSPS) is 23.2. The van der Waals surface area contributed by atoms with Gasteiger partial charge in [0.05, 0.1) is 19.3 Å². The van der Waals surface area contributed by atoms with E-state index >= 15 is 0 Å². The minimum atomic E-state index is -0.599. The van der Waals surface area contributed by atoms with Crippen molar-refractivity contribution < 1.29 is 14.3 Å². The summed E-state index contributed by atoms with van der Waals surface area (Å²) in [4.78, 5) is 15.5. The number of rotatable bonds is 7. The molecule has 2 fully saturated rings. The Labute approximate surface area is 213 Å². The third-order valence-corrected chi connectivity index (χ3v) is 7.49. The lowest BCUT2D eigenvalue weighted by Crippen LogP contribution is -2.52. The lowest BCUT2D eigenvalue weighted by Gasteiger charge is -2.39. The predicted octanol–water partition coefficient (Wildman–Crippen LogP) is 5.07. The second kappa shape index (κ2) is 9.63. The first-order valence-corrected chi connectivity index (χ1v) is 12.9. The van der Waals surface area contributed by atoms with Crippen LogP contribution in [0.5, 0.6) is 0 Å². The maximum absolute atomic E-state index is 13.4. The van der Waals surface area contributed by atoms with Crippen LogP contribution < -0.4 is 5.32 Å². The highest BCUT2D eigenvalue weighted by molar-refractivity contribution is 5.83. The first-order valence-electron chi connectivity index (χ1n) is 12.9. The van der Waals surface area contributed by atoms with Gasteiger partial charge < -0.3 is 19.7 Å². The number of carbonyl (C=O) groups excluding carboxylic acids is 1. The Bertz CT molecular complexity index is 1190. The Kier molecular flexibility index (Phi) is 6.53. The number of benzene rings is 2. The van der Waals surface area contributed by atoms with Crippen LogP contribution in [0.3, 0.4) is 0 Å². The van der Waals surface area contributed by atoms with Crippen molar-refractivity contribution in [3.63, 3.8) is 0 Å². The number of nitriles is 1. The number of hydrogen-bond donors (Lipinski definition) is 1. The Balaban J connectivity index is 1.24. The van der Waals surface area contributed by atoms with Crippen molar-refractivity contribution in [1.29, 1.82) is 5.26 Å². The third-order valence-electron chi connectivity index (χ3n) is 7.49. The molecule has 0 unspecified atom stereocenters. The first kappa shape index (κ1) is 24.4. The zero-order valence-electron chi connectivity index (χ0n) is 21.4. The fourth-order valence-corrected chi connectivity index (χ4v) is 5.90. The van der Waals surface area contributed by atoms with Crippen LogP contribution in [0.15, 0.2) is 54.9 Å². The lowest BCUT2D eigenvalue weighted by molar-refractivity contribution is -0.130. The minimum Gasteiger partial charge on any atom is -0.474 e. The topological polar surface area (TPSA) is 74.6 Å². The Morgan fingerprint density at radius 2 is 1.89 bits per heavy atom. The summed E-state index contributed by atoms with van der Waals surface area (Å²) in [5, 5.41) is 12.8. The molecule has 1 saturated carbocycles. The zero-order valence-corrected chi connectivity index (χ0v) is 21.4. The van der Waals surface area contributed by atoms with Gasteiger partial charge in [0.1, 0.15) is 17.7 Å². The maximum Gasteiger partial charge on any atom is 0.244 e. The summed E-state index contributed by atoms with van der Waals surface area (Å²) in [6, 6.07) is 16.3. The molecule has 6 nitrogen and oxygen atoms in total. The van der Waals surface area contributed by atoms with E-state index in [9.17, 15) is 10.1 Å². The fraction of sp³-hybridized carbons (Fsp3) is 0.467. The van der Waals surface area contributed by atoms with Gasteiger partial charge in [-0.2, -0.15) is 5.26 Å². The number of amides is 1. The molecule has 6 heteroatoms. The molecule has 36 heavy (non-hydrogen) atoms. The van der Waals surface area contributed by atoms with Crippen LogP contribution in [0.4, 0.5) is 0 Å². The molecule has 188 valence electrons. The van der Waals surface area contributed by atoms with Gasteiger partial charge in [-0.1, -0.05) is 36.4 Å². The molecule has 5 rings (SSSR count). The van der Waals surface area contributed by atoms with E-state index in [2.05, 4.69) is 53.2 Å². The summed E-state index contributed by atoms with van der Waals surface area (Å²) in [6.07, 6.45) is 3.50. The summed E-state index contributed by atoms with van der Waals surface area (Å²) >= 11 is 0. The lowest BCUT2D eigenvalue weighted by atomic mass is 9.96. The van der Waals surface area contributed by atoms with Crippen LogP contribution >= 0.6 is 0 Å². The molecule has 2 aromatic rings. The molecule has 0 spiro atoms. The Morgan fingerprint density at radius 3 is 2.61 bits per heavy atom. The molecular formula is C30H35N3O3. The van der Waals surface area contributed by atoms with Gasteiger partial charge in [-0.15, -0.1) is 0 Å². The molecule has 0 aromatic heterocycles. The van der Waals surface area contributed by atoms with Crippen molar-refractivity contribution in [2.24, 2.45) is 5.92 Å². The molecule has 1 aliphatic carbocycles. The molecule has 3 aliphatic rings. The molecular weight excluding hydrogens is 450 g/mol. The minimum absolute atomic E-state index is 0.107. The van der Waals surface area contributed by atoms with Crippen molar-refractivity contribution in [1.82, 2.24) is 10.2 Å². The Hall–Kier alpha value is -3.30. The van der Waals surface area contributed by atoms with Crippen LogP contribution in [0.25, 0.3) is 11.1 Å². The summed E-state index contributed by atoms with van der Waals surface area (Å²) in [5.41, 5.74) is 5.42. The van der Waals surface area contributed by atoms with Crippen LogP contribution in [0.1, 0.15) is 56.7 Å². The number of likely N-dealkylation sites (tertiary alicyclic amines) is 1. The molecule has 1 N–H and O–H groups in total. The van der Waals surface area contributed by atoms with E-state index in [1.54, 1.807) is 0 Å². The van der Waals surface area contributed by atoms with Gasteiger partial charge >= 0.3 is 0 Å². The summed E-state index contributed by atoms with van der Waals surface area (Å²) < 4.78 is 11.6. The summed E-state index contributed by atoms with van der Waals surface area (Å²) in [6.45, 7) is 11.5. The number of ether oxygens (including phenoxy) is 2. The van der Waals surface area contributed by atoms with Gasteiger partial charge in [-0.3, -0.25) is 4.79 Å². The van der Waals surface area contributed by atoms with Crippen molar-refractivity contribution in [3.05, 3.63) is 71.6 Å². The van der Waals surface area contributed by atoms with E-state index in [-0.39, 0.29) is 29.5 Å². The van der Waals surface area contributed by atoms with Crippen molar-refractivity contribution in [2.45, 2.75) is 83.4 Å². The smallest absolute Gasteiger partial charge is 0.244 e. The SMILES string of the molecule is C=C(OC(C)(C)C)N1[C@@H]2CC[C@@H](C2)[C@H]1C(=O)N[C@H](C#N)Cc1ccc(-c2ccc3c(c2)COC3)cc1. The third kappa shape index (κ3) is 4.99. The number of piperidine rings is 1. The van der Waals surface area contributed by atoms with Gasteiger partial charge in [0.15, 0.2) is 5.88 Å². The van der Waals surface area contributed by atoms with Crippen molar-refractivity contribution >= 4 is 5.91 Å². The molecule has 2 aromatic carbocycles. The van der Waals surface area contributed by atoms with E-state index in [4.69, 9.17) is 9.47 Å². The monoisotopic (exact) mass is 485 g/mol. The molecule has 2 heterocycles. The standard InChI is InChI=1S/C30H35N3O3/c1-19(36-30(2,3)4)33-27-12-11-23(15-27)28(33)29(34)32-26(16-31)13-20-5-7-21(8-6-20)22-9-10-24-17-35-18-25(24)14-22/h5-10,14,23,26-28H,1,11-13,15,17-18H2,2-4H3,(H,32,34)/t23-,26-,27+,28-/m0/s1. The number of nitrogens with one attached hydrogen (secondary N) is 1. The zero-order chi connectivity index (χ0) is 25.4. The average Bonchev–Trinajstić information content (AvgIpc) is 3.58. The average molecular weight is 486 g/mol. The van der Waals surface area contributed by atoms with Crippen molar-refractivity contribution in [2.75, 3.05) is 0 Å². The summed E-state index contributed by atoms with van der Waals surface area (Å²) in [5.74, 6) is 0.716. The van der Waals surface area contributed by atoms with E-state index in [0.717, 1.165) is 36.0 Å². The maximum atomic E-state index is 13.4. The Morgan fingerprint density at radius 1 is 1.17 bits per heavy atom. The largest absolute Gasteiger partial charge is 0.474 e. The summed E-state index contributed by atoms with van der Waals surface area (Å²) in [7, 11) is 0. The quantitative estimate of drug-likeness (QED) is 0.554. The second-order valence-corrected chi connectivity index (χ2v) is 11.3. The first-order chi connectivity index (χ1) is 17.2. The molecule has 2 aliphatic heterocycles. The van der Waals surface area contributed by atoms with E-state index in [0.29, 0.717) is 25.5 Å². The van der Waals surface area contributed by atoms with Crippen LogP contribution in [0, 0.1) is 17.2 Å². The number of carbonyl (C=O) groups is 1. The predicted molar refractivity (Wildman–Crippen MR) is 138 cm³/mol. The van der Waals surface area contributed by atoms with Crippen LogP contribution in [-0.4, -0.2) is 34.5 Å². The molecule has 0 radical (unpaired) electrons. The van der Waals surface area contributed by atoms with E-state index < -0.39 is 6.04 Å². The van der Waals surface area contributed by atoms with Crippen LogP contribution in [-0.2, 0) is 33.9 Å². The molecule has 4 atom stereocenters. The highest BCUT2D eigenvalue weighted by Crippen LogP contribution is 2.45. The van der Waals surface area contributed by atoms with Crippen LogP contribution in [0.2, 0.25) is 0 Å². The second-order valence-electron chi connectivity index (χ2n) is 11.3. The van der Waals surface area contributed by atoms with E-state index in [1.807, 2.05) is 32.9 Å². The number of hydrogen-bond acceptors (Lipinski definition) is 5. The fourth-order valence-electron chi connectivity index (χ4n) is 5.90. The van der Waals surface area contributed by atoms with Gasteiger partial charge in [-0.05, 0) is 86.4 Å². The van der Waals surface area contributed by atoms with E-state index in [1.165, 1.54) is 11.1 Å². The molecule has 1 amide bonds. The van der Waals surface area contributed by atoms with Gasteiger partial charge in [0.25, 0.3) is 0 Å². The molecule has 1 saturated heterocycles. The van der Waals surface area contributed by atoms with Gasteiger partial charge in [-0.25, -0.2) is 0 Å². The van der Waals surface area contributed by atoms with Gasteiger partial charge in [0, 0.05) is 12.5 Å². The van der Waals surface area contributed by atoms with Gasteiger partial charge in [0.2, 0.25) is 5.91 Å². The highest BCUT2D eigenvalue weighted by atomic mass is 16.5. The molecule has 2 bridgehead atoms. The van der Waals surface area contributed by atoms with Crippen molar-refractivity contribution in [3.8, 4) is 17.2 Å². The number of fused-ring (bicyclic) bond motifs is 3.